The number of carbonyl (C=O) groups excluding carboxylic acids is 1. The lowest BCUT2D eigenvalue weighted by atomic mass is 10.0. The van der Waals surface area contributed by atoms with Gasteiger partial charge in [0.05, 0.1) is 0 Å². The van der Waals surface area contributed by atoms with Crippen molar-refractivity contribution >= 4 is 11.9 Å². The molecule has 0 aliphatic heterocycles. The van der Waals surface area contributed by atoms with E-state index in [-0.39, 0.29) is 23.8 Å². The van der Waals surface area contributed by atoms with Crippen molar-refractivity contribution in [2.75, 3.05) is 0 Å². The van der Waals surface area contributed by atoms with Gasteiger partial charge in [0.2, 0.25) is 5.91 Å². The highest BCUT2D eigenvalue weighted by atomic mass is 16.4. The second-order valence-electron chi connectivity index (χ2n) is 4.59. The third-order valence-electron chi connectivity index (χ3n) is 2.87. The number of phenolic OH excluding ortho intramolecular Hbond substituents is 2. The molecule has 1 amide bonds. The molecular formula is C14H19NO5. The number of amides is 1. The summed E-state index contributed by atoms with van der Waals surface area (Å²) in [5.41, 5.74) is 0.517. The monoisotopic (exact) mass is 281 g/mol. The molecule has 1 rings (SSSR count). The van der Waals surface area contributed by atoms with Gasteiger partial charge in [-0.2, -0.15) is 0 Å². The molecule has 0 aliphatic rings. The minimum absolute atomic E-state index is 0.0427. The van der Waals surface area contributed by atoms with Gasteiger partial charge in [-0.1, -0.05) is 19.4 Å². The Labute approximate surface area is 117 Å². The molecule has 6 nitrogen and oxygen atoms in total. The first kappa shape index (κ1) is 15.8. The predicted octanol–water partition coefficient (Wildman–Crippen LogP) is 1.40. The topological polar surface area (TPSA) is 107 Å². The molecule has 20 heavy (non-hydrogen) atoms. The van der Waals surface area contributed by atoms with Crippen molar-refractivity contribution in [2.45, 2.75) is 38.6 Å². The Morgan fingerprint density at radius 1 is 1.25 bits per heavy atom. The zero-order valence-electron chi connectivity index (χ0n) is 11.3. The molecule has 0 heterocycles. The van der Waals surface area contributed by atoms with E-state index in [4.69, 9.17) is 5.11 Å². The molecule has 110 valence electrons. The predicted molar refractivity (Wildman–Crippen MR) is 72.6 cm³/mol. The van der Waals surface area contributed by atoms with Crippen LogP contribution in [0.25, 0.3) is 0 Å². The van der Waals surface area contributed by atoms with Gasteiger partial charge in [-0.05, 0) is 24.1 Å². The standard InChI is InChI=1S/C14H19NO5/c1-2-3-4-13(18)15-10(14(19)20)7-9-5-6-11(16)12(17)8-9/h5-6,8,10,16-17H,2-4,7H2,1H3,(H,15,18)(H,19,20). The van der Waals surface area contributed by atoms with Crippen molar-refractivity contribution in [3.63, 3.8) is 0 Å². The maximum atomic E-state index is 11.6. The van der Waals surface area contributed by atoms with Gasteiger partial charge in [0.25, 0.3) is 0 Å². The van der Waals surface area contributed by atoms with E-state index >= 15 is 0 Å². The Balaban J connectivity index is 2.69. The van der Waals surface area contributed by atoms with E-state index in [2.05, 4.69) is 5.32 Å². The molecule has 0 saturated heterocycles. The molecule has 1 aromatic rings. The molecule has 0 bridgehead atoms. The summed E-state index contributed by atoms with van der Waals surface area (Å²) in [4.78, 5) is 22.7. The molecule has 0 aliphatic carbocycles. The van der Waals surface area contributed by atoms with Crippen LogP contribution in [-0.2, 0) is 16.0 Å². The number of benzene rings is 1. The highest BCUT2D eigenvalue weighted by molar-refractivity contribution is 5.83. The fraction of sp³-hybridized carbons (Fsp3) is 0.429. The number of hydrogen-bond acceptors (Lipinski definition) is 4. The van der Waals surface area contributed by atoms with E-state index in [0.717, 1.165) is 6.42 Å². The van der Waals surface area contributed by atoms with Crippen molar-refractivity contribution in [1.82, 2.24) is 5.32 Å². The molecule has 0 radical (unpaired) electrons. The first-order chi connectivity index (χ1) is 9.43. The van der Waals surface area contributed by atoms with Crippen LogP contribution in [0.4, 0.5) is 0 Å². The van der Waals surface area contributed by atoms with Gasteiger partial charge in [-0.25, -0.2) is 4.79 Å². The number of aromatic hydroxyl groups is 2. The molecule has 1 atom stereocenters. The highest BCUT2D eigenvalue weighted by Crippen LogP contribution is 2.25. The normalized spacial score (nSPS) is 11.8. The summed E-state index contributed by atoms with van der Waals surface area (Å²) < 4.78 is 0. The quantitative estimate of drug-likeness (QED) is 0.565. The van der Waals surface area contributed by atoms with Gasteiger partial charge in [0.15, 0.2) is 11.5 Å². The van der Waals surface area contributed by atoms with Crippen LogP contribution in [0.15, 0.2) is 18.2 Å². The Morgan fingerprint density at radius 2 is 1.95 bits per heavy atom. The fourth-order valence-corrected chi connectivity index (χ4v) is 1.74. The molecule has 6 heteroatoms. The number of nitrogens with one attached hydrogen (secondary N) is 1. The Bertz CT molecular complexity index is 486. The second kappa shape index (κ2) is 7.37. The van der Waals surface area contributed by atoms with E-state index in [0.29, 0.717) is 18.4 Å². The summed E-state index contributed by atoms with van der Waals surface area (Å²) in [7, 11) is 0. The minimum atomic E-state index is -1.14. The van der Waals surface area contributed by atoms with Gasteiger partial charge in [-0.3, -0.25) is 4.79 Å². The maximum Gasteiger partial charge on any atom is 0.326 e. The fourth-order valence-electron chi connectivity index (χ4n) is 1.74. The Hall–Kier alpha value is -2.24. The zero-order valence-corrected chi connectivity index (χ0v) is 11.3. The summed E-state index contributed by atoms with van der Waals surface area (Å²) in [6, 6.07) is 3.01. The van der Waals surface area contributed by atoms with Crippen LogP contribution in [0.5, 0.6) is 11.5 Å². The van der Waals surface area contributed by atoms with Gasteiger partial charge in [0.1, 0.15) is 6.04 Å². The lowest BCUT2D eigenvalue weighted by Gasteiger charge is -2.15. The maximum absolute atomic E-state index is 11.6. The zero-order chi connectivity index (χ0) is 15.1. The number of phenols is 2. The first-order valence-electron chi connectivity index (χ1n) is 6.47. The summed E-state index contributed by atoms with van der Waals surface area (Å²) in [6.45, 7) is 1.95. The van der Waals surface area contributed by atoms with Gasteiger partial charge in [0, 0.05) is 12.8 Å². The van der Waals surface area contributed by atoms with Crippen molar-refractivity contribution in [3.8, 4) is 11.5 Å². The van der Waals surface area contributed by atoms with Crippen molar-refractivity contribution in [1.29, 1.82) is 0 Å². The molecule has 1 aromatic carbocycles. The molecule has 0 aromatic heterocycles. The van der Waals surface area contributed by atoms with Crippen molar-refractivity contribution in [3.05, 3.63) is 23.8 Å². The average molecular weight is 281 g/mol. The van der Waals surface area contributed by atoms with E-state index < -0.39 is 12.0 Å². The van der Waals surface area contributed by atoms with Crippen molar-refractivity contribution in [2.24, 2.45) is 0 Å². The summed E-state index contributed by atoms with van der Waals surface area (Å²) in [6.07, 6.45) is 1.90. The minimum Gasteiger partial charge on any atom is -0.504 e. The van der Waals surface area contributed by atoms with E-state index in [1.54, 1.807) is 0 Å². The van der Waals surface area contributed by atoms with Crippen LogP contribution in [0.2, 0.25) is 0 Å². The molecule has 0 saturated carbocycles. The van der Waals surface area contributed by atoms with Crippen LogP contribution in [0.1, 0.15) is 31.7 Å². The van der Waals surface area contributed by atoms with E-state index in [1.807, 2.05) is 6.92 Å². The summed E-state index contributed by atoms with van der Waals surface area (Å²) >= 11 is 0. The molecular weight excluding hydrogens is 262 g/mol. The smallest absolute Gasteiger partial charge is 0.326 e. The van der Waals surface area contributed by atoms with Gasteiger partial charge >= 0.3 is 5.97 Å². The van der Waals surface area contributed by atoms with E-state index in [1.165, 1.54) is 18.2 Å². The lowest BCUT2D eigenvalue weighted by molar-refractivity contribution is -0.141. The third kappa shape index (κ3) is 4.79. The first-order valence-corrected chi connectivity index (χ1v) is 6.47. The Kier molecular flexibility index (Phi) is 5.83. The largest absolute Gasteiger partial charge is 0.504 e. The van der Waals surface area contributed by atoms with Gasteiger partial charge in [-0.15, -0.1) is 0 Å². The molecule has 1 unspecified atom stereocenters. The SMILES string of the molecule is CCCCC(=O)NC(Cc1ccc(O)c(O)c1)C(=O)O. The molecule has 0 fully saturated rings. The average Bonchev–Trinajstić information content (AvgIpc) is 2.39. The van der Waals surface area contributed by atoms with Gasteiger partial charge < -0.3 is 20.6 Å². The number of rotatable bonds is 7. The van der Waals surface area contributed by atoms with Crippen LogP contribution in [-0.4, -0.2) is 33.2 Å². The number of hydrogen-bond donors (Lipinski definition) is 4. The van der Waals surface area contributed by atoms with Crippen LogP contribution >= 0.6 is 0 Å². The second-order valence-corrected chi connectivity index (χ2v) is 4.59. The van der Waals surface area contributed by atoms with Crippen LogP contribution in [0, 0.1) is 0 Å². The Morgan fingerprint density at radius 3 is 2.50 bits per heavy atom. The number of carbonyl (C=O) groups is 2. The number of carboxylic acid groups (broad SMARTS) is 1. The molecule has 0 spiro atoms. The number of carboxylic acids is 1. The third-order valence-corrected chi connectivity index (χ3v) is 2.87. The lowest BCUT2D eigenvalue weighted by Crippen LogP contribution is -2.42. The number of unbranched alkanes of at least 4 members (excludes halogenated alkanes) is 1. The number of aliphatic carboxylic acids is 1. The molecule has 4 N–H and O–H groups in total. The van der Waals surface area contributed by atoms with E-state index in [9.17, 15) is 19.8 Å². The summed E-state index contributed by atoms with van der Waals surface area (Å²) in [5, 5.41) is 30.1. The summed E-state index contributed by atoms with van der Waals surface area (Å²) in [5.74, 6) is -2.03. The van der Waals surface area contributed by atoms with Crippen LogP contribution < -0.4 is 5.32 Å². The van der Waals surface area contributed by atoms with Crippen LogP contribution in [0.3, 0.4) is 0 Å². The van der Waals surface area contributed by atoms with Crippen molar-refractivity contribution < 1.29 is 24.9 Å². The highest BCUT2D eigenvalue weighted by Gasteiger charge is 2.20.